The molecule has 86 valence electrons. The molecule has 0 aliphatic carbocycles. The second-order valence-corrected chi connectivity index (χ2v) is 4.93. The van der Waals surface area contributed by atoms with Gasteiger partial charge in [-0.05, 0) is 38.5 Å². The first-order chi connectivity index (χ1) is 7.48. The van der Waals surface area contributed by atoms with Gasteiger partial charge >= 0.3 is 6.09 Å². The summed E-state index contributed by atoms with van der Waals surface area (Å²) in [5, 5.41) is 0. The van der Waals surface area contributed by atoms with Gasteiger partial charge in [0, 0.05) is 17.9 Å². The number of rotatable bonds is 1. The predicted octanol–water partition coefficient (Wildman–Crippen LogP) is 2.37. The highest BCUT2D eigenvalue weighted by molar-refractivity contribution is 5.71. The molecule has 0 N–H and O–H groups in total. The molecule has 0 saturated carbocycles. The zero-order valence-electron chi connectivity index (χ0n) is 9.80. The van der Waals surface area contributed by atoms with E-state index in [9.17, 15) is 4.79 Å². The van der Waals surface area contributed by atoms with Gasteiger partial charge in [0.15, 0.2) is 0 Å². The third-order valence-electron chi connectivity index (χ3n) is 2.70. The van der Waals surface area contributed by atoms with Crippen molar-refractivity contribution in [2.45, 2.75) is 32.4 Å². The number of carbonyl (C=O) groups excluding carboxylic acids is 1. The molecule has 1 fully saturated rings. The smallest absolute Gasteiger partial charge is 0.411 e. The average Bonchev–Trinajstić information content (AvgIpc) is 2.61. The summed E-state index contributed by atoms with van der Waals surface area (Å²) in [7, 11) is 0. The monoisotopic (exact) mass is 220 g/mol. The first kappa shape index (κ1) is 10.9. The molecule has 1 aromatic rings. The van der Waals surface area contributed by atoms with Gasteiger partial charge in [-0.25, -0.2) is 4.79 Å². The molecule has 16 heavy (non-hydrogen) atoms. The van der Waals surface area contributed by atoms with Gasteiger partial charge in [0.1, 0.15) is 6.10 Å². The van der Waals surface area contributed by atoms with Crippen LogP contribution >= 0.6 is 0 Å². The van der Waals surface area contributed by atoms with Crippen molar-refractivity contribution in [3.63, 3.8) is 0 Å². The quantitative estimate of drug-likeness (QED) is 0.729. The predicted molar refractivity (Wildman–Crippen MR) is 59.9 cm³/mol. The van der Waals surface area contributed by atoms with E-state index in [1.165, 1.54) is 0 Å². The number of hydrogen-bond donors (Lipinski definition) is 0. The minimum Gasteiger partial charge on any atom is -0.439 e. The molecule has 1 saturated heterocycles. The zero-order valence-corrected chi connectivity index (χ0v) is 9.80. The lowest BCUT2D eigenvalue weighted by molar-refractivity contribution is 0.120. The molecule has 4 nitrogen and oxygen atoms in total. The van der Waals surface area contributed by atoms with Crippen molar-refractivity contribution in [3.05, 3.63) is 30.1 Å². The molecule has 2 heterocycles. The molecule has 0 bridgehead atoms. The van der Waals surface area contributed by atoms with Crippen molar-refractivity contribution < 1.29 is 9.53 Å². The van der Waals surface area contributed by atoms with Gasteiger partial charge in [-0.3, -0.25) is 9.88 Å². The van der Waals surface area contributed by atoms with E-state index in [-0.39, 0.29) is 17.7 Å². The number of aromatic nitrogens is 1. The van der Waals surface area contributed by atoms with Crippen molar-refractivity contribution in [1.29, 1.82) is 0 Å². The summed E-state index contributed by atoms with van der Waals surface area (Å²) in [6.45, 7) is 6.61. The Balaban J connectivity index is 2.16. The van der Waals surface area contributed by atoms with Gasteiger partial charge in [-0.2, -0.15) is 0 Å². The Morgan fingerprint density at radius 3 is 2.50 bits per heavy atom. The topological polar surface area (TPSA) is 42.4 Å². The largest absolute Gasteiger partial charge is 0.439 e. The normalized spacial score (nSPS) is 21.1. The second-order valence-electron chi connectivity index (χ2n) is 4.93. The maximum atomic E-state index is 11.7. The molecule has 1 aliphatic rings. The van der Waals surface area contributed by atoms with Crippen molar-refractivity contribution in [1.82, 2.24) is 9.88 Å². The van der Waals surface area contributed by atoms with Crippen LogP contribution in [0.2, 0.25) is 0 Å². The Bertz CT molecular complexity index is 384. The highest BCUT2D eigenvalue weighted by Crippen LogP contribution is 2.30. The highest BCUT2D eigenvalue weighted by atomic mass is 16.6. The maximum Gasteiger partial charge on any atom is 0.411 e. The molecule has 0 aromatic carbocycles. The van der Waals surface area contributed by atoms with Crippen LogP contribution in [0, 0.1) is 0 Å². The van der Waals surface area contributed by atoms with Gasteiger partial charge < -0.3 is 4.74 Å². The van der Waals surface area contributed by atoms with E-state index in [0.29, 0.717) is 6.54 Å². The Morgan fingerprint density at radius 1 is 1.38 bits per heavy atom. The van der Waals surface area contributed by atoms with Crippen molar-refractivity contribution in [2.75, 3.05) is 6.54 Å². The fourth-order valence-corrected chi connectivity index (χ4v) is 1.76. The summed E-state index contributed by atoms with van der Waals surface area (Å²) in [6.07, 6.45) is 3.01. The van der Waals surface area contributed by atoms with Gasteiger partial charge in [0.25, 0.3) is 0 Å². The van der Waals surface area contributed by atoms with Crippen LogP contribution in [0.3, 0.4) is 0 Å². The van der Waals surface area contributed by atoms with Crippen LogP contribution in [0.1, 0.15) is 32.4 Å². The number of amides is 1. The third kappa shape index (κ3) is 2.01. The number of carbonyl (C=O) groups is 1. The Hall–Kier alpha value is -1.58. The zero-order chi connectivity index (χ0) is 11.8. The molecule has 0 radical (unpaired) electrons. The standard InChI is InChI=1S/C12H16N2O2/c1-12(2,3)14-8-10(16-11(14)15)9-4-6-13-7-5-9/h4-7,10H,8H2,1-3H3. The summed E-state index contributed by atoms with van der Waals surface area (Å²) >= 11 is 0. The molecular formula is C12H16N2O2. The van der Waals surface area contributed by atoms with Crippen molar-refractivity contribution in [2.24, 2.45) is 0 Å². The van der Waals surface area contributed by atoms with Gasteiger partial charge in [-0.15, -0.1) is 0 Å². The summed E-state index contributed by atoms with van der Waals surface area (Å²) in [6, 6.07) is 3.76. The lowest BCUT2D eigenvalue weighted by Gasteiger charge is -2.29. The van der Waals surface area contributed by atoms with E-state index in [1.54, 1.807) is 17.3 Å². The number of nitrogens with zero attached hydrogens (tertiary/aromatic N) is 2. The van der Waals surface area contributed by atoms with Gasteiger partial charge in [0.2, 0.25) is 0 Å². The van der Waals surface area contributed by atoms with Gasteiger partial charge in [-0.1, -0.05) is 0 Å². The molecule has 1 aromatic heterocycles. The molecule has 1 atom stereocenters. The number of ether oxygens (including phenoxy) is 1. The van der Waals surface area contributed by atoms with Crippen LogP contribution in [-0.4, -0.2) is 28.1 Å². The van der Waals surface area contributed by atoms with Crippen LogP contribution in [0.5, 0.6) is 0 Å². The average molecular weight is 220 g/mol. The summed E-state index contributed by atoms with van der Waals surface area (Å²) in [5.74, 6) is 0. The number of pyridine rings is 1. The van der Waals surface area contributed by atoms with Crippen molar-refractivity contribution >= 4 is 6.09 Å². The van der Waals surface area contributed by atoms with Crippen LogP contribution in [0.25, 0.3) is 0 Å². The van der Waals surface area contributed by atoms with E-state index < -0.39 is 0 Å². The van der Waals surface area contributed by atoms with E-state index in [4.69, 9.17) is 4.74 Å². The Kier molecular flexibility index (Phi) is 2.58. The van der Waals surface area contributed by atoms with Crippen LogP contribution in [-0.2, 0) is 4.74 Å². The summed E-state index contributed by atoms with van der Waals surface area (Å²) < 4.78 is 5.35. The van der Waals surface area contributed by atoms with E-state index >= 15 is 0 Å². The molecule has 0 spiro atoms. The highest BCUT2D eigenvalue weighted by Gasteiger charge is 2.38. The maximum absolute atomic E-state index is 11.7. The molecule has 1 aliphatic heterocycles. The molecule has 1 unspecified atom stereocenters. The third-order valence-corrected chi connectivity index (χ3v) is 2.70. The van der Waals surface area contributed by atoms with E-state index in [0.717, 1.165) is 5.56 Å². The van der Waals surface area contributed by atoms with E-state index in [2.05, 4.69) is 4.98 Å². The number of cyclic esters (lactones) is 1. The fraction of sp³-hybridized carbons (Fsp3) is 0.500. The fourth-order valence-electron chi connectivity index (χ4n) is 1.76. The second kappa shape index (κ2) is 3.77. The van der Waals surface area contributed by atoms with Crippen molar-refractivity contribution in [3.8, 4) is 0 Å². The lowest BCUT2D eigenvalue weighted by Crippen LogP contribution is -2.41. The summed E-state index contributed by atoms with van der Waals surface area (Å²) in [5.41, 5.74) is 0.800. The molecular weight excluding hydrogens is 204 g/mol. The van der Waals surface area contributed by atoms with Gasteiger partial charge in [0.05, 0.1) is 6.54 Å². The molecule has 1 amide bonds. The van der Waals surface area contributed by atoms with Crippen LogP contribution in [0.15, 0.2) is 24.5 Å². The summed E-state index contributed by atoms with van der Waals surface area (Å²) in [4.78, 5) is 17.4. The molecule has 2 rings (SSSR count). The first-order valence-corrected chi connectivity index (χ1v) is 5.36. The minimum atomic E-state index is -0.241. The number of hydrogen-bond acceptors (Lipinski definition) is 3. The SMILES string of the molecule is CC(C)(C)N1CC(c2ccncc2)OC1=O. The first-order valence-electron chi connectivity index (χ1n) is 5.36. The van der Waals surface area contributed by atoms with Crippen LogP contribution in [0.4, 0.5) is 4.79 Å². The lowest BCUT2D eigenvalue weighted by atomic mass is 10.1. The Labute approximate surface area is 95.2 Å². The van der Waals surface area contributed by atoms with Crippen LogP contribution < -0.4 is 0 Å². The van der Waals surface area contributed by atoms with E-state index in [1.807, 2.05) is 32.9 Å². The Morgan fingerprint density at radius 2 is 2.00 bits per heavy atom. The molecule has 4 heteroatoms. The minimum absolute atomic E-state index is 0.172.